The number of ketones is 1. The average molecular weight is 241 g/mol. The Morgan fingerprint density at radius 2 is 1.75 bits per heavy atom. The van der Waals surface area contributed by atoms with Crippen molar-refractivity contribution in [2.24, 2.45) is 0 Å². The number of carbonyl (C=O) groups is 1. The van der Waals surface area contributed by atoms with Crippen molar-refractivity contribution in [1.82, 2.24) is 0 Å². The zero-order valence-corrected chi connectivity index (χ0v) is 10.2. The van der Waals surface area contributed by atoms with Crippen LogP contribution >= 0.6 is 0 Å². The molecule has 1 aromatic carbocycles. The predicted molar refractivity (Wildman–Crippen MR) is 64.1 cm³/mol. The molecule has 0 aliphatic rings. The molecule has 0 saturated carbocycles. The maximum atomic E-state index is 11.3. The van der Waals surface area contributed by atoms with Gasteiger partial charge in [0.1, 0.15) is 0 Å². The number of nitrogens with one attached hydrogen (secondary N) is 1. The van der Waals surface area contributed by atoms with Gasteiger partial charge in [0.25, 0.3) is 0 Å². The maximum Gasteiger partial charge on any atom is 0.232 e. The van der Waals surface area contributed by atoms with E-state index in [-0.39, 0.29) is 11.5 Å². The molecule has 0 aromatic heterocycles. The van der Waals surface area contributed by atoms with E-state index in [2.05, 4.69) is 4.72 Å². The molecule has 0 bridgehead atoms. The first-order valence-electron chi connectivity index (χ1n) is 5.12. The molecule has 16 heavy (non-hydrogen) atoms. The lowest BCUT2D eigenvalue weighted by Gasteiger charge is -2.06. The molecule has 1 N–H and O–H groups in total. The summed E-state index contributed by atoms with van der Waals surface area (Å²) in [5.41, 5.74) is 1.08. The maximum absolute atomic E-state index is 11.3. The Morgan fingerprint density at radius 1 is 1.19 bits per heavy atom. The van der Waals surface area contributed by atoms with Crippen molar-refractivity contribution in [2.75, 3.05) is 10.5 Å². The highest BCUT2D eigenvalue weighted by Crippen LogP contribution is 2.12. The van der Waals surface area contributed by atoms with Crippen LogP contribution in [0.2, 0.25) is 0 Å². The Hall–Kier alpha value is -1.36. The largest absolute Gasteiger partial charge is 0.294 e. The third-order valence-corrected chi connectivity index (χ3v) is 3.49. The van der Waals surface area contributed by atoms with Crippen molar-refractivity contribution in [1.29, 1.82) is 0 Å². The topological polar surface area (TPSA) is 63.2 Å². The van der Waals surface area contributed by atoms with E-state index in [0.717, 1.165) is 0 Å². The van der Waals surface area contributed by atoms with Gasteiger partial charge in [-0.25, -0.2) is 8.42 Å². The summed E-state index contributed by atoms with van der Waals surface area (Å²) in [4.78, 5) is 11.3. The molecule has 0 aliphatic carbocycles. The summed E-state index contributed by atoms with van der Waals surface area (Å²) in [6.07, 6.45) is 0.444. The molecule has 0 saturated heterocycles. The molecule has 0 fully saturated rings. The number of Topliss-reactive ketones (excluding diaryl/α,β-unsaturated/α-hetero) is 1. The van der Waals surface area contributed by atoms with E-state index in [1.165, 1.54) is 0 Å². The van der Waals surface area contributed by atoms with Crippen LogP contribution in [0.4, 0.5) is 5.69 Å². The molecule has 0 aliphatic heterocycles. The van der Waals surface area contributed by atoms with Crippen molar-refractivity contribution in [3.63, 3.8) is 0 Å². The lowest BCUT2D eigenvalue weighted by molar-refractivity contribution is 0.0988. The van der Waals surface area contributed by atoms with Gasteiger partial charge in [-0.15, -0.1) is 0 Å². The van der Waals surface area contributed by atoms with Crippen LogP contribution in [0.1, 0.15) is 30.6 Å². The lowest BCUT2D eigenvalue weighted by Crippen LogP contribution is -2.14. The van der Waals surface area contributed by atoms with E-state index >= 15 is 0 Å². The van der Waals surface area contributed by atoms with Crippen molar-refractivity contribution in [2.45, 2.75) is 20.3 Å². The van der Waals surface area contributed by atoms with Crippen LogP contribution in [0.15, 0.2) is 24.3 Å². The lowest BCUT2D eigenvalue weighted by atomic mass is 10.1. The predicted octanol–water partition coefficient (Wildman–Crippen LogP) is 2.04. The highest BCUT2D eigenvalue weighted by atomic mass is 32.2. The monoisotopic (exact) mass is 241 g/mol. The van der Waals surface area contributed by atoms with E-state index in [4.69, 9.17) is 0 Å². The average Bonchev–Trinajstić information content (AvgIpc) is 2.28. The fraction of sp³-hybridized carbons (Fsp3) is 0.364. The zero-order valence-electron chi connectivity index (χ0n) is 9.36. The second-order valence-electron chi connectivity index (χ2n) is 3.36. The number of anilines is 1. The summed E-state index contributed by atoms with van der Waals surface area (Å²) in [6.45, 7) is 3.35. The van der Waals surface area contributed by atoms with Gasteiger partial charge >= 0.3 is 0 Å². The molecule has 5 heteroatoms. The van der Waals surface area contributed by atoms with Gasteiger partial charge in [-0.3, -0.25) is 9.52 Å². The Labute approximate surface area is 95.7 Å². The molecule has 0 spiro atoms. The third kappa shape index (κ3) is 3.34. The molecule has 1 rings (SSSR count). The van der Waals surface area contributed by atoms with Gasteiger partial charge < -0.3 is 0 Å². The minimum Gasteiger partial charge on any atom is -0.294 e. The van der Waals surface area contributed by atoms with Gasteiger partial charge in [0, 0.05) is 17.7 Å². The molecule has 1 aromatic rings. The normalized spacial score (nSPS) is 11.1. The standard InChI is InChI=1S/C11H15NO3S/c1-3-11(13)9-5-7-10(8-6-9)12-16(14,15)4-2/h5-8,12H,3-4H2,1-2H3. The second kappa shape index (κ2) is 5.12. The molecule has 88 valence electrons. The smallest absolute Gasteiger partial charge is 0.232 e. The van der Waals surface area contributed by atoms with Crippen LogP contribution in [-0.2, 0) is 10.0 Å². The summed E-state index contributed by atoms with van der Waals surface area (Å²) in [5.74, 6) is 0.0766. The summed E-state index contributed by atoms with van der Waals surface area (Å²) < 4.78 is 24.9. The quantitative estimate of drug-likeness (QED) is 0.802. The van der Waals surface area contributed by atoms with Gasteiger partial charge in [-0.2, -0.15) is 0 Å². The van der Waals surface area contributed by atoms with Gasteiger partial charge in [0.05, 0.1) is 5.75 Å². The first-order chi connectivity index (χ1) is 7.48. The van der Waals surface area contributed by atoms with E-state index in [9.17, 15) is 13.2 Å². The first kappa shape index (κ1) is 12.7. The van der Waals surface area contributed by atoms with Crippen LogP contribution in [0.3, 0.4) is 0 Å². The number of benzene rings is 1. The summed E-state index contributed by atoms with van der Waals surface area (Å²) in [5, 5.41) is 0. The minimum atomic E-state index is -3.25. The van der Waals surface area contributed by atoms with E-state index in [1.807, 2.05) is 0 Å². The fourth-order valence-corrected chi connectivity index (χ4v) is 1.82. The Kier molecular flexibility index (Phi) is 4.06. The number of sulfonamides is 1. The molecule has 0 atom stereocenters. The Balaban J connectivity index is 2.84. The molecule has 4 nitrogen and oxygen atoms in total. The summed E-state index contributed by atoms with van der Waals surface area (Å²) in [6, 6.07) is 6.44. The molecule has 0 radical (unpaired) electrons. The minimum absolute atomic E-state index is 0.0304. The van der Waals surface area contributed by atoms with Crippen molar-refractivity contribution in [3.05, 3.63) is 29.8 Å². The molecular weight excluding hydrogens is 226 g/mol. The van der Waals surface area contributed by atoms with Gasteiger partial charge in [-0.05, 0) is 31.2 Å². The van der Waals surface area contributed by atoms with E-state index in [1.54, 1.807) is 38.1 Å². The van der Waals surface area contributed by atoms with Crippen molar-refractivity contribution < 1.29 is 13.2 Å². The highest BCUT2D eigenvalue weighted by Gasteiger charge is 2.07. The Bertz CT molecular complexity index is 463. The molecule has 0 unspecified atom stereocenters. The first-order valence-corrected chi connectivity index (χ1v) is 6.77. The Morgan fingerprint density at radius 3 is 2.19 bits per heavy atom. The van der Waals surface area contributed by atoms with Crippen LogP contribution < -0.4 is 4.72 Å². The van der Waals surface area contributed by atoms with Gasteiger partial charge in [0.15, 0.2) is 5.78 Å². The zero-order chi connectivity index (χ0) is 12.2. The summed E-state index contributed by atoms with van der Waals surface area (Å²) in [7, 11) is -3.25. The SMILES string of the molecule is CCC(=O)c1ccc(NS(=O)(=O)CC)cc1. The van der Waals surface area contributed by atoms with Gasteiger partial charge in [-0.1, -0.05) is 6.92 Å². The van der Waals surface area contributed by atoms with E-state index in [0.29, 0.717) is 17.7 Å². The van der Waals surface area contributed by atoms with Crippen molar-refractivity contribution >= 4 is 21.5 Å². The number of hydrogen-bond acceptors (Lipinski definition) is 3. The van der Waals surface area contributed by atoms with Crippen LogP contribution in [0, 0.1) is 0 Å². The molecule has 0 amide bonds. The number of rotatable bonds is 5. The van der Waals surface area contributed by atoms with Crippen LogP contribution in [0.5, 0.6) is 0 Å². The van der Waals surface area contributed by atoms with Crippen molar-refractivity contribution in [3.8, 4) is 0 Å². The van der Waals surface area contributed by atoms with Gasteiger partial charge in [0.2, 0.25) is 10.0 Å². The second-order valence-corrected chi connectivity index (χ2v) is 5.37. The fourth-order valence-electron chi connectivity index (χ4n) is 1.18. The third-order valence-electron chi connectivity index (χ3n) is 2.18. The summed E-state index contributed by atoms with van der Waals surface area (Å²) >= 11 is 0. The van der Waals surface area contributed by atoms with E-state index < -0.39 is 10.0 Å². The highest BCUT2D eigenvalue weighted by molar-refractivity contribution is 7.92. The molecule has 0 heterocycles. The number of carbonyl (C=O) groups excluding carboxylic acids is 1. The number of hydrogen-bond donors (Lipinski definition) is 1. The molecular formula is C11H15NO3S. The van der Waals surface area contributed by atoms with Crippen LogP contribution in [-0.4, -0.2) is 20.0 Å². The van der Waals surface area contributed by atoms with Crippen LogP contribution in [0.25, 0.3) is 0 Å².